The van der Waals surface area contributed by atoms with Crippen LogP contribution in [0.3, 0.4) is 0 Å². The van der Waals surface area contributed by atoms with Gasteiger partial charge in [0.05, 0.1) is 5.34 Å². The minimum absolute atomic E-state index is 0.266. The van der Waals surface area contributed by atoms with Gasteiger partial charge in [0.25, 0.3) is 6.43 Å². The Kier molecular flexibility index (Phi) is 3.38. The first kappa shape index (κ1) is 13.0. The molecule has 0 saturated carbocycles. The zero-order valence-corrected chi connectivity index (χ0v) is 6.65. The van der Waals surface area contributed by atoms with E-state index in [9.17, 15) is 31.3 Å². The average Bonchev–Trinajstić information content (AvgIpc) is 2.01. The third-order valence-corrected chi connectivity index (χ3v) is 1.57. The molecule has 0 aliphatic rings. The Morgan fingerprint density at radius 3 is 1.79 bits per heavy atom. The lowest BCUT2D eigenvalue weighted by molar-refractivity contribution is -0.323. The van der Waals surface area contributed by atoms with Gasteiger partial charge in [-0.25, -0.2) is 22.4 Å². The van der Waals surface area contributed by atoms with Crippen LogP contribution < -0.4 is 0 Å². The summed E-state index contributed by atoms with van der Waals surface area (Å²) in [6, 6.07) is 0. The van der Waals surface area contributed by atoms with Crippen molar-refractivity contribution in [1.29, 1.82) is 0 Å². The summed E-state index contributed by atoms with van der Waals surface area (Å²) in [5.74, 6) is -8.12. The molecule has 0 aromatic rings. The van der Waals surface area contributed by atoms with E-state index in [0.29, 0.717) is 0 Å². The van der Waals surface area contributed by atoms with Gasteiger partial charge in [-0.05, 0) is 6.92 Å². The first-order valence-corrected chi connectivity index (χ1v) is 3.09. The zero-order chi connectivity index (χ0) is 11.7. The molecule has 0 heterocycles. The van der Waals surface area contributed by atoms with Crippen molar-refractivity contribution in [3.05, 3.63) is 0 Å². The molecule has 0 fully saturated rings. The highest BCUT2D eigenvalue weighted by molar-refractivity contribution is 5.78. The molecular formula is C5H5F6NO2. The van der Waals surface area contributed by atoms with E-state index in [-0.39, 0.29) is 6.92 Å². The van der Waals surface area contributed by atoms with Crippen molar-refractivity contribution in [1.82, 2.24) is 5.34 Å². The monoisotopic (exact) mass is 225 g/mol. The van der Waals surface area contributed by atoms with E-state index in [1.807, 2.05) is 0 Å². The molecule has 0 bridgehead atoms. The van der Waals surface area contributed by atoms with Crippen LogP contribution in [0.15, 0.2) is 0 Å². The Morgan fingerprint density at radius 2 is 1.71 bits per heavy atom. The number of nitrogens with zero attached hydrogens (tertiary/aromatic N) is 1. The predicted octanol–water partition coefficient (Wildman–Crippen LogP) is 1.80. The second-order valence-electron chi connectivity index (χ2n) is 2.54. The fraction of sp³-hybridized carbons (Fsp3) is 0.800. The number of halogens is 6. The van der Waals surface area contributed by atoms with Gasteiger partial charge >= 0.3 is 11.8 Å². The predicted molar refractivity (Wildman–Crippen MR) is 31.0 cm³/mol. The Balaban J connectivity index is 5.32. The summed E-state index contributed by atoms with van der Waals surface area (Å²) >= 11 is 0. The largest absolute Gasteiger partial charge is 0.478 e. The SMILES string of the molecule is C[C@@](F)(C(F)F)[C@](F)(C(=O)O)N(F)F. The second-order valence-corrected chi connectivity index (χ2v) is 2.54. The van der Waals surface area contributed by atoms with Gasteiger partial charge in [-0.1, -0.05) is 8.96 Å². The fourth-order valence-electron chi connectivity index (χ4n) is 0.591. The summed E-state index contributed by atoms with van der Waals surface area (Å²) in [7, 11) is 0. The second kappa shape index (κ2) is 3.64. The van der Waals surface area contributed by atoms with Crippen molar-refractivity contribution in [2.75, 3.05) is 0 Å². The highest BCUT2D eigenvalue weighted by atomic mass is 19.4. The van der Waals surface area contributed by atoms with Crippen molar-refractivity contribution in [3.8, 4) is 0 Å². The van der Waals surface area contributed by atoms with Gasteiger partial charge < -0.3 is 5.11 Å². The maximum Gasteiger partial charge on any atom is 0.366 e. The van der Waals surface area contributed by atoms with Crippen LogP contribution in [0, 0.1) is 0 Å². The molecule has 2 atom stereocenters. The Bertz CT molecular complexity index is 232. The molecule has 0 aromatic carbocycles. The topological polar surface area (TPSA) is 40.5 Å². The highest BCUT2D eigenvalue weighted by Crippen LogP contribution is 2.39. The maximum atomic E-state index is 12.8. The van der Waals surface area contributed by atoms with Crippen LogP contribution >= 0.6 is 0 Å². The summed E-state index contributed by atoms with van der Waals surface area (Å²) in [6.07, 6.45) is -4.21. The van der Waals surface area contributed by atoms with Crippen LogP contribution in [0.1, 0.15) is 6.92 Å². The van der Waals surface area contributed by atoms with Gasteiger partial charge in [-0.3, -0.25) is 0 Å². The molecule has 9 heteroatoms. The van der Waals surface area contributed by atoms with Crippen LogP contribution in [0.4, 0.5) is 26.5 Å². The molecule has 0 spiro atoms. The number of rotatable bonds is 4. The molecule has 0 amide bonds. The molecule has 84 valence electrons. The third-order valence-electron chi connectivity index (χ3n) is 1.57. The molecule has 0 aliphatic heterocycles. The number of hydrogen-bond donors (Lipinski definition) is 1. The number of carboxylic acids is 1. The zero-order valence-electron chi connectivity index (χ0n) is 6.65. The van der Waals surface area contributed by atoms with E-state index in [1.54, 1.807) is 0 Å². The molecule has 0 aromatic heterocycles. The number of alkyl halides is 4. The van der Waals surface area contributed by atoms with Crippen LogP contribution in [0.25, 0.3) is 0 Å². The summed E-state index contributed by atoms with van der Waals surface area (Å²) in [5.41, 5.74) is -4.53. The van der Waals surface area contributed by atoms with E-state index in [0.717, 1.165) is 0 Å². The summed E-state index contributed by atoms with van der Waals surface area (Å²) in [4.78, 5) is 9.94. The van der Waals surface area contributed by atoms with Crippen LogP contribution in [0.5, 0.6) is 0 Å². The lowest BCUT2D eigenvalue weighted by Crippen LogP contribution is -2.61. The smallest absolute Gasteiger partial charge is 0.366 e. The molecule has 0 aliphatic carbocycles. The summed E-state index contributed by atoms with van der Waals surface area (Å²) < 4.78 is 72.5. The van der Waals surface area contributed by atoms with Crippen molar-refractivity contribution >= 4 is 5.97 Å². The lowest BCUT2D eigenvalue weighted by atomic mass is 9.97. The van der Waals surface area contributed by atoms with Gasteiger partial charge in [0.2, 0.25) is 5.67 Å². The Labute approximate surface area is 73.8 Å². The molecule has 0 radical (unpaired) electrons. The first-order chi connectivity index (χ1) is 6.08. The molecule has 0 saturated heterocycles. The molecular weight excluding hydrogens is 220 g/mol. The summed E-state index contributed by atoms with van der Waals surface area (Å²) in [5, 5.41) is 5.18. The molecule has 1 N–H and O–H groups in total. The molecule has 0 rings (SSSR count). The van der Waals surface area contributed by atoms with Crippen LogP contribution in [-0.2, 0) is 4.79 Å². The van der Waals surface area contributed by atoms with E-state index >= 15 is 0 Å². The van der Waals surface area contributed by atoms with Crippen LogP contribution in [0.2, 0.25) is 0 Å². The van der Waals surface area contributed by atoms with Crippen molar-refractivity contribution in [2.45, 2.75) is 24.8 Å². The van der Waals surface area contributed by atoms with Gasteiger partial charge in [0.1, 0.15) is 0 Å². The quantitative estimate of drug-likeness (QED) is 0.450. The molecule has 0 unspecified atom stereocenters. The van der Waals surface area contributed by atoms with Crippen molar-refractivity contribution < 1.29 is 36.4 Å². The van der Waals surface area contributed by atoms with E-state index in [2.05, 4.69) is 0 Å². The summed E-state index contributed by atoms with van der Waals surface area (Å²) in [6.45, 7) is -0.266. The minimum Gasteiger partial charge on any atom is -0.478 e. The van der Waals surface area contributed by atoms with Crippen LogP contribution in [-0.4, -0.2) is 34.3 Å². The Hall–Kier alpha value is -0.990. The molecule has 14 heavy (non-hydrogen) atoms. The highest BCUT2D eigenvalue weighted by Gasteiger charge is 2.68. The Morgan fingerprint density at radius 1 is 1.36 bits per heavy atom. The van der Waals surface area contributed by atoms with Gasteiger partial charge in [0.15, 0.2) is 0 Å². The average molecular weight is 225 g/mol. The van der Waals surface area contributed by atoms with Crippen molar-refractivity contribution in [2.24, 2.45) is 0 Å². The van der Waals surface area contributed by atoms with E-state index in [4.69, 9.17) is 5.11 Å². The molecule has 3 nitrogen and oxygen atoms in total. The van der Waals surface area contributed by atoms with Gasteiger partial charge in [-0.15, -0.1) is 0 Å². The first-order valence-electron chi connectivity index (χ1n) is 3.09. The number of aliphatic carboxylic acids is 1. The maximum absolute atomic E-state index is 12.8. The van der Waals surface area contributed by atoms with Gasteiger partial charge in [-0.2, -0.15) is 0 Å². The van der Waals surface area contributed by atoms with Gasteiger partial charge in [0, 0.05) is 0 Å². The van der Waals surface area contributed by atoms with E-state index < -0.39 is 29.2 Å². The number of carboxylic acid groups (broad SMARTS) is 1. The standard InChI is InChI=1S/C5H5F6NO2/c1-4(8,2(6)7)5(9,3(13)14)12(10)11/h2H,1H3,(H,13,14)/t4-,5+/m1/s1. The third kappa shape index (κ3) is 1.63. The number of hydrogen-bond acceptors (Lipinski definition) is 2. The number of carbonyl (C=O) groups is 1. The van der Waals surface area contributed by atoms with E-state index in [1.165, 1.54) is 0 Å². The normalized spacial score (nSPS) is 20.6. The minimum atomic E-state index is -5.08. The lowest BCUT2D eigenvalue weighted by Gasteiger charge is -2.31. The fourth-order valence-corrected chi connectivity index (χ4v) is 0.591. The van der Waals surface area contributed by atoms with Crippen molar-refractivity contribution in [3.63, 3.8) is 0 Å².